The molecule has 3 aromatic heterocycles. The summed E-state index contributed by atoms with van der Waals surface area (Å²) < 4.78 is 40.4. The van der Waals surface area contributed by atoms with Crippen LogP contribution in [0.15, 0.2) is 71.5 Å². The van der Waals surface area contributed by atoms with Gasteiger partial charge >= 0.3 is 0 Å². The van der Waals surface area contributed by atoms with Gasteiger partial charge in [-0.15, -0.1) is 5.10 Å². The lowest BCUT2D eigenvalue weighted by Crippen LogP contribution is -2.02. The van der Waals surface area contributed by atoms with Crippen molar-refractivity contribution in [3.05, 3.63) is 78.6 Å². The summed E-state index contributed by atoms with van der Waals surface area (Å²) in [6.07, 6.45) is 3.18. The Balaban J connectivity index is 1.68. The molecule has 0 unspecified atom stereocenters. The lowest BCUT2D eigenvalue weighted by atomic mass is 10.1. The molecule has 0 amide bonds. The number of halogens is 2. The second kappa shape index (κ2) is 7.99. The van der Waals surface area contributed by atoms with E-state index in [0.29, 0.717) is 22.6 Å². The van der Waals surface area contributed by atoms with Crippen molar-refractivity contribution in [2.24, 2.45) is 0 Å². The minimum atomic E-state index is -0.477. The van der Waals surface area contributed by atoms with Gasteiger partial charge in [0.15, 0.2) is 5.69 Å². The molecule has 0 N–H and O–H groups in total. The van der Waals surface area contributed by atoms with Crippen LogP contribution in [0.2, 0.25) is 0 Å². The molecule has 158 valence electrons. The van der Waals surface area contributed by atoms with Gasteiger partial charge in [0.05, 0.1) is 12.7 Å². The summed E-state index contributed by atoms with van der Waals surface area (Å²) in [5.74, 6) is -0.439. The third kappa shape index (κ3) is 3.37. The molecule has 5 aromatic rings. The largest absolute Gasteiger partial charge is 0.496 e. The van der Waals surface area contributed by atoms with Crippen molar-refractivity contribution in [1.82, 2.24) is 30.1 Å². The summed E-state index contributed by atoms with van der Waals surface area (Å²) in [4.78, 5) is 8.39. The Hall–Kier alpha value is -4.47. The van der Waals surface area contributed by atoms with Crippen LogP contribution >= 0.6 is 0 Å². The molecule has 0 bridgehead atoms. The lowest BCUT2D eigenvalue weighted by Gasteiger charge is -2.08. The highest BCUT2D eigenvalue weighted by Crippen LogP contribution is 2.34. The first-order chi connectivity index (χ1) is 15.7. The Labute approximate surface area is 180 Å². The topological polar surface area (TPSA) is 91.8 Å². The highest BCUT2D eigenvalue weighted by Gasteiger charge is 2.25. The quantitative estimate of drug-likeness (QED) is 0.408. The fourth-order valence-corrected chi connectivity index (χ4v) is 3.27. The number of nitrogens with zero attached hydrogens (tertiary/aromatic N) is 6. The molecule has 0 atom stereocenters. The number of rotatable bonds is 5. The normalized spacial score (nSPS) is 11.0. The number of hydrogen-bond donors (Lipinski definition) is 0. The number of pyridine rings is 1. The van der Waals surface area contributed by atoms with Gasteiger partial charge in [-0.25, -0.2) is 13.5 Å². The Morgan fingerprint density at radius 1 is 1.00 bits per heavy atom. The molecule has 3 heterocycles. The van der Waals surface area contributed by atoms with E-state index >= 15 is 0 Å². The van der Waals surface area contributed by atoms with Gasteiger partial charge in [-0.05, 0) is 42.5 Å². The van der Waals surface area contributed by atoms with Gasteiger partial charge in [0.25, 0.3) is 5.89 Å². The van der Waals surface area contributed by atoms with Crippen LogP contribution in [0.25, 0.3) is 39.9 Å². The summed E-state index contributed by atoms with van der Waals surface area (Å²) >= 11 is 0. The summed E-state index contributed by atoms with van der Waals surface area (Å²) in [5, 5.41) is 12.2. The van der Waals surface area contributed by atoms with Crippen molar-refractivity contribution in [1.29, 1.82) is 0 Å². The molecule has 5 rings (SSSR count). The molecule has 0 aliphatic carbocycles. The SMILES string of the molecule is COc1ccc(F)cc1-c1noc(-c2nnn(-c3ccccc3F)c2-c2ccncc2)n1. The van der Waals surface area contributed by atoms with E-state index in [4.69, 9.17) is 9.26 Å². The van der Waals surface area contributed by atoms with Gasteiger partial charge in [-0.1, -0.05) is 22.5 Å². The standard InChI is InChI=1S/C22H14F2N6O2/c1-31-18-7-6-14(23)12-15(18)21-26-22(32-28-21)19-20(13-8-10-25-11-9-13)30(29-27-19)17-5-3-2-4-16(17)24/h2-12H,1H3. The van der Waals surface area contributed by atoms with Gasteiger partial charge in [-0.3, -0.25) is 4.98 Å². The fraction of sp³-hybridized carbons (Fsp3) is 0.0455. The number of para-hydroxylation sites is 1. The summed E-state index contributed by atoms with van der Waals surface area (Å²) in [6.45, 7) is 0. The van der Waals surface area contributed by atoms with Crippen LogP contribution in [0.1, 0.15) is 0 Å². The minimum absolute atomic E-state index is 0.0284. The molecule has 32 heavy (non-hydrogen) atoms. The van der Waals surface area contributed by atoms with Crippen molar-refractivity contribution >= 4 is 0 Å². The Morgan fingerprint density at radius 2 is 1.81 bits per heavy atom. The molecule has 0 radical (unpaired) electrons. The zero-order valence-corrected chi connectivity index (χ0v) is 16.6. The first kappa shape index (κ1) is 19.5. The number of methoxy groups -OCH3 is 1. The van der Waals surface area contributed by atoms with Crippen LogP contribution in [-0.4, -0.2) is 37.2 Å². The first-order valence-electron chi connectivity index (χ1n) is 9.44. The maximum absolute atomic E-state index is 14.5. The minimum Gasteiger partial charge on any atom is -0.496 e. The second-order valence-corrected chi connectivity index (χ2v) is 6.65. The molecule has 0 aliphatic heterocycles. The molecule has 8 nitrogen and oxygen atoms in total. The van der Waals surface area contributed by atoms with E-state index in [9.17, 15) is 8.78 Å². The van der Waals surface area contributed by atoms with Crippen LogP contribution in [0, 0.1) is 11.6 Å². The van der Waals surface area contributed by atoms with E-state index in [-0.39, 0.29) is 23.1 Å². The molecule has 0 saturated carbocycles. The van der Waals surface area contributed by atoms with Gasteiger partial charge in [0, 0.05) is 18.0 Å². The predicted octanol–water partition coefficient (Wildman–Crippen LogP) is 4.33. The molecule has 2 aromatic carbocycles. The number of benzene rings is 2. The van der Waals surface area contributed by atoms with E-state index < -0.39 is 11.6 Å². The van der Waals surface area contributed by atoms with Crippen molar-refractivity contribution in [3.63, 3.8) is 0 Å². The van der Waals surface area contributed by atoms with Crippen LogP contribution in [0.3, 0.4) is 0 Å². The molecule has 10 heteroatoms. The molecular weight excluding hydrogens is 418 g/mol. The zero-order valence-electron chi connectivity index (χ0n) is 16.6. The fourth-order valence-electron chi connectivity index (χ4n) is 3.27. The first-order valence-corrected chi connectivity index (χ1v) is 9.44. The Bertz CT molecular complexity index is 1400. The highest BCUT2D eigenvalue weighted by atomic mass is 19.1. The Kier molecular flexibility index (Phi) is 4.86. The van der Waals surface area contributed by atoms with Crippen molar-refractivity contribution in [2.45, 2.75) is 0 Å². The molecule has 0 aliphatic rings. The van der Waals surface area contributed by atoms with Gasteiger partial charge in [0.2, 0.25) is 5.82 Å². The van der Waals surface area contributed by atoms with Gasteiger partial charge < -0.3 is 9.26 Å². The smallest absolute Gasteiger partial charge is 0.281 e. The third-order valence-corrected chi connectivity index (χ3v) is 4.74. The van der Waals surface area contributed by atoms with Crippen molar-refractivity contribution in [3.8, 4) is 45.7 Å². The third-order valence-electron chi connectivity index (χ3n) is 4.74. The van der Waals surface area contributed by atoms with Gasteiger partial charge in [-0.2, -0.15) is 4.98 Å². The van der Waals surface area contributed by atoms with Crippen molar-refractivity contribution in [2.75, 3.05) is 7.11 Å². The molecule has 0 saturated heterocycles. The summed E-state index contributed by atoms with van der Waals surface area (Å²) in [6, 6.07) is 13.6. The second-order valence-electron chi connectivity index (χ2n) is 6.65. The number of aromatic nitrogens is 6. The lowest BCUT2D eigenvalue weighted by molar-refractivity contribution is 0.412. The molecule has 0 spiro atoms. The maximum Gasteiger partial charge on any atom is 0.281 e. The highest BCUT2D eigenvalue weighted by molar-refractivity contribution is 5.76. The monoisotopic (exact) mass is 432 g/mol. The van der Waals surface area contributed by atoms with E-state index in [1.165, 1.54) is 36.1 Å². The zero-order chi connectivity index (χ0) is 22.1. The van der Waals surface area contributed by atoms with Crippen LogP contribution < -0.4 is 4.74 Å². The molecule has 0 fully saturated rings. The van der Waals surface area contributed by atoms with E-state index in [1.54, 1.807) is 42.7 Å². The maximum atomic E-state index is 14.5. The van der Waals surface area contributed by atoms with Gasteiger partial charge in [0.1, 0.15) is 28.8 Å². The number of ether oxygens (including phenoxy) is 1. The van der Waals surface area contributed by atoms with E-state index in [2.05, 4.69) is 25.4 Å². The van der Waals surface area contributed by atoms with Crippen LogP contribution in [0.5, 0.6) is 5.75 Å². The average Bonchev–Trinajstić information content (AvgIpc) is 3.47. The summed E-state index contributed by atoms with van der Waals surface area (Å²) in [5.41, 5.74) is 1.83. The van der Waals surface area contributed by atoms with Crippen LogP contribution in [0.4, 0.5) is 8.78 Å². The average molecular weight is 432 g/mol. The van der Waals surface area contributed by atoms with Crippen molar-refractivity contribution < 1.29 is 18.0 Å². The van der Waals surface area contributed by atoms with E-state index in [0.717, 1.165) is 0 Å². The Morgan fingerprint density at radius 3 is 2.59 bits per heavy atom. The number of hydrogen-bond acceptors (Lipinski definition) is 7. The van der Waals surface area contributed by atoms with E-state index in [1.807, 2.05) is 0 Å². The predicted molar refractivity (Wildman–Crippen MR) is 110 cm³/mol. The van der Waals surface area contributed by atoms with Crippen LogP contribution in [-0.2, 0) is 0 Å². The summed E-state index contributed by atoms with van der Waals surface area (Å²) in [7, 11) is 1.46. The molecular formula is C22H14F2N6O2.